The van der Waals surface area contributed by atoms with Gasteiger partial charge in [0.25, 0.3) is 5.69 Å². The number of rotatable bonds is 5. The molecule has 1 N–H and O–H groups in total. The zero-order chi connectivity index (χ0) is 16.3. The number of carbonyl (C=O) groups is 1. The fourth-order valence-electron chi connectivity index (χ4n) is 1.77. The molecule has 22 heavy (non-hydrogen) atoms. The lowest BCUT2D eigenvalue weighted by Gasteiger charge is -2.13. The van der Waals surface area contributed by atoms with Crippen LogP contribution in [0.3, 0.4) is 0 Å². The van der Waals surface area contributed by atoms with E-state index in [-0.39, 0.29) is 17.3 Å². The van der Waals surface area contributed by atoms with Crippen molar-refractivity contribution in [2.24, 2.45) is 0 Å². The number of anilines is 1. The molecule has 1 atom stereocenters. The minimum absolute atomic E-state index is 0.163. The second kappa shape index (κ2) is 6.56. The molecule has 0 aliphatic carbocycles. The van der Waals surface area contributed by atoms with Gasteiger partial charge >= 0.3 is 0 Å². The van der Waals surface area contributed by atoms with Gasteiger partial charge in [0, 0.05) is 18.3 Å². The van der Waals surface area contributed by atoms with Gasteiger partial charge in [-0.1, -0.05) is 0 Å². The average Bonchev–Trinajstić information content (AvgIpc) is 2.92. The Morgan fingerprint density at radius 3 is 2.77 bits per heavy atom. The van der Waals surface area contributed by atoms with Gasteiger partial charge in [-0.15, -0.1) is 0 Å². The molecule has 1 amide bonds. The Balaban J connectivity index is 2.20. The van der Waals surface area contributed by atoms with Gasteiger partial charge in [0.1, 0.15) is 11.8 Å². The first-order chi connectivity index (χ1) is 10.4. The van der Waals surface area contributed by atoms with Crippen molar-refractivity contribution < 1.29 is 14.5 Å². The molecule has 0 fully saturated rings. The molecule has 0 aliphatic heterocycles. The molecule has 1 heterocycles. The molecule has 1 aromatic carbocycles. The Kier molecular flexibility index (Phi) is 4.76. The van der Waals surface area contributed by atoms with Gasteiger partial charge < -0.3 is 10.1 Å². The maximum Gasteiger partial charge on any atom is 0.275 e. The van der Waals surface area contributed by atoms with Gasteiger partial charge in [-0.25, -0.2) is 0 Å². The monoisotopic (exact) mass is 368 g/mol. The molecular weight excluding hydrogens is 356 g/mol. The van der Waals surface area contributed by atoms with E-state index in [0.29, 0.717) is 5.75 Å². The molecule has 2 aromatic rings. The zero-order valence-corrected chi connectivity index (χ0v) is 13.4. The molecule has 9 heteroatoms. The van der Waals surface area contributed by atoms with E-state index in [4.69, 9.17) is 4.74 Å². The molecule has 1 unspecified atom stereocenters. The number of non-ortho nitro benzene ring substituents is 1. The summed E-state index contributed by atoms with van der Waals surface area (Å²) in [5.74, 6) is -0.0582. The van der Waals surface area contributed by atoms with Crippen molar-refractivity contribution in [2.75, 3.05) is 12.4 Å². The molecule has 0 saturated carbocycles. The van der Waals surface area contributed by atoms with Crippen molar-refractivity contribution in [1.29, 1.82) is 0 Å². The first kappa shape index (κ1) is 16.0. The van der Waals surface area contributed by atoms with E-state index in [1.807, 2.05) is 0 Å². The van der Waals surface area contributed by atoms with E-state index in [1.165, 1.54) is 30.0 Å². The van der Waals surface area contributed by atoms with Crippen LogP contribution in [0.5, 0.6) is 5.75 Å². The highest BCUT2D eigenvalue weighted by Gasteiger charge is 2.18. The Morgan fingerprint density at radius 1 is 1.50 bits per heavy atom. The van der Waals surface area contributed by atoms with Gasteiger partial charge in [-0.3, -0.25) is 19.6 Å². The van der Waals surface area contributed by atoms with E-state index in [0.717, 1.165) is 4.47 Å². The summed E-state index contributed by atoms with van der Waals surface area (Å²) < 4.78 is 7.23. The fraction of sp³-hybridized carbons (Fsp3) is 0.231. The fourth-order valence-corrected chi connectivity index (χ4v) is 2.07. The highest BCUT2D eigenvalue weighted by Crippen LogP contribution is 2.26. The standard InChI is InChI=1S/C13H13BrN4O4/c1-8(17-7-9(14)6-15-17)13(19)16-10-3-11(18(20)21)5-12(4-10)22-2/h3-8H,1-2H3,(H,16,19). The molecule has 116 valence electrons. The number of carbonyl (C=O) groups excluding carboxylic acids is 1. The lowest BCUT2D eigenvalue weighted by molar-refractivity contribution is -0.384. The van der Waals surface area contributed by atoms with Crippen LogP contribution < -0.4 is 10.1 Å². The van der Waals surface area contributed by atoms with Crippen LogP contribution in [0.1, 0.15) is 13.0 Å². The number of hydrogen-bond donors (Lipinski definition) is 1. The number of nitrogens with one attached hydrogen (secondary N) is 1. The van der Waals surface area contributed by atoms with Crippen molar-refractivity contribution >= 4 is 33.2 Å². The number of nitrogens with zero attached hydrogens (tertiary/aromatic N) is 3. The van der Waals surface area contributed by atoms with Crippen molar-refractivity contribution in [2.45, 2.75) is 13.0 Å². The van der Waals surface area contributed by atoms with Crippen LogP contribution in [0.25, 0.3) is 0 Å². The number of nitro benzene ring substituents is 1. The smallest absolute Gasteiger partial charge is 0.275 e. The topological polar surface area (TPSA) is 99.3 Å². The minimum Gasteiger partial charge on any atom is -0.496 e. The third-order valence-corrected chi connectivity index (χ3v) is 3.36. The summed E-state index contributed by atoms with van der Waals surface area (Å²) in [7, 11) is 1.40. The third kappa shape index (κ3) is 3.61. The number of halogens is 1. The Bertz CT molecular complexity index is 716. The number of hydrogen-bond acceptors (Lipinski definition) is 5. The van der Waals surface area contributed by atoms with Gasteiger partial charge in [0.2, 0.25) is 5.91 Å². The molecule has 8 nitrogen and oxygen atoms in total. The summed E-state index contributed by atoms with van der Waals surface area (Å²) in [6.07, 6.45) is 3.23. The Hall–Kier alpha value is -2.42. The van der Waals surface area contributed by atoms with Gasteiger partial charge in [-0.2, -0.15) is 5.10 Å². The van der Waals surface area contributed by atoms with E-state index in [1.54, 1.807) is 19.3 Å². The number of amides is 1. The first-order valence-electron chi connectivity index (χ1n) is 6.24. The number of nitro groups is 1. The summed E-state index contributed by atoms with van der Waals surface area (Å²) in [5.41, 5.74) is 0.123. The van der Waals surface area contributed by atoms with E-state index in [2.05, 4.69) is 26.3 Å². The van der Waals surface area contributed by atoms with Crippen LogP contribution in [0.4, 0.5) is 11.4 Å². The molecule has 0 spiro atoms. The maximum atomic E-state index is 12.2. The Morgan fingerprint density at radius 2 is 2.23 bits per heavy atom. The van der Waals surface area contributed by atoms with Gasteiger partial charge in [-0.05, 0) is 22.9 Å². The molecule has 0 saturated heterocycles. The van der Waals surface area contributed by atoms with Crippen molar-refractivity contribution in [3.63, 3.8) is 0 Å². The van der Waals surface area contributed by atoms with E-state index < -0.39 is 11.0 Å². The van der Waals surface area contributed by atoms with Gasteiger partial charge in [0.05, 0.1) is 34.5 Å². The highest BCUT2D eigenvalue weighted by molar-refractivity contribution is 9.10. The highest BCUT2D eigenvalue weighted by atomic mass is 79.9. The summed E-state index contributed by atoms with van der Waals surface area (Å²) in [4.78, 5) is 22.5. The minimum atomic E-state index is -0.573. The second-order valence-electron chi connectivity index (χ2n) is 4.48. The average molecular weight is 369 g/mol. The molecule has 2 rings (SSSR count). The summed E-state index contributed by atoms with van der Waals surface area (Å²) >= 11 is 3.25. The predicted molar refractivity (Wildman–Crippen MR) is 82.9 cm³/mol. The molecular formula is C13H13BrN4O4. The lowest BCUT2D eigenvalue weighted by Crippen LogP contribution is -2.24. The van der Waals surface area contributed by atoms with Crippen LogP contribution >= 0.6 is 15.9 Å². The van der Waals surface area contributed by atoms with Crippen molar-refractivity contribution in [3.05, 3.63) is 45.2 Å². The zero-order valence-electron chi connectivity index (χ0n) is 11.8. The maximum absolute atomic E-state index is 12.2. The molecule has 0 aliphatic rings. The molecule has 0 bridgehead atoms. The largest absolute Gasteiger partial charge is 0.496 e. The Labute approximate surface area is 134 Å². The second-order valence-corrected chi connectivity index (χ2v) is 5.40. The van der Waals surface area contributed by atoms with Gasteiger partial charge in [0.15, 0.2) is 0 Å². The predicted octanol–water partition coefficient (Wildman–Crippen LogP) is 2.76. The summed E-state index contributed by atoms with van der Waals surface area (Å²) in [6.45, 7) is 1.67. The van der Waals surface area contributed by atoms with Crippen LogP contribution in [0.15, 0.2) is 35.1 Å². The first-order valence-corrected chi connectivity index (χ1v) is 7.04. The van der Waals surface area contributed by atoms with E-state index >= 15 is 0 Å². The van der Waals surface area contributed by atoms with Crippen LogP contribution in [0, 0.1) is 10.1 Å². The molecule has 0 radical (unpaired) electrons. The van der Waals surface area contributed by atoms with Crippen molar-refractivity contribution in [3.8, 4) is 5.75 Å². The van der Waals surface area contributed by atoms with E-state index in [9.17, 15) is 14.9 Å². The third-order valence-electron chi connectivity index (χ3n) is 2.95. The summed E-state index contributed by atoms with van der Waals surface area (Å²) in [6, 6.07) is 3.49. The summed E-state index contributed by atoms with van der Waals surface area (Å²) in [5, 5.41) is 17.5. The van der Waals surface area contributed by atoms with Crippen molar-refractivity contribution in [1.82, 2.24) is 9.78 Å². The van der Waals surface area contributed by atoms with Crippen LogP contribution in [-0.4, -0.2) is 27.7 Å². The lowest BCUT2D eigenvalue weighted by atomic mass is 10.2. The number of methoxy groups -OCH3 is 1. The van der Waals surface area contributed by atoms with Crippen LogP contribution in [-0.2, 0) is 4.79 Å². The number of ether oxygens (including phenoxy) is 1. The molecule has 1 aromatic heterocycles. The number of benzene rings is 1. The SMILES string of the molecule is COc1cc(NC(=O)C(C)n2cc(Br)cn2)cc([N+](=O)[O-])c1. The normalized spacial score (nSPS) is 11.8. The number of aromatic nitrogens is 2. The van der Waals surface area contributed by atoms with Crippen LogP contribution in [0.2, 0.25) is 0 Å². The quantitative estimate of drug-likeness (QED) is 0.645.